The summed E-state index contributed by atoms with van der Waals surface area (Å²) in [5.41, 5.74) is 5.37. The smallest absolute Gasteiger partial charge is 0.411 e. The molecule has 0 aliphatic heterocycles. The number of carbonyl (C=O) groups excluding carboxylic acids is 1. The highest BCUT2D eigenvalue weighted by Gasteiger charge is 2.44. The lowest BCUT2D eigenvalue weighted by Crippen LogP contribution is -2.56. The molecule has 0 heterocycles. The van der Waals surface area contributed by atoms with Gasteiger partial charge < -0.3 is 14.9 Å². The van der Waals surface area contributed by atoms with Crippen molar-refractivity contribution in [2.24, 2.45) is 11.7 Å². The van der Waals surface area contributed by atoms with E-state index in [0.29, 0.717) is 5.92 Å². The van der Waals surface area contributed by atoms with Crippen LogP contribution in [0.2, 0.25) is 18.1 Å². The zero-order valence-corrected chi connectivity index (χ0v) is 18.2. The first-order valence-electron chi connectivity index (χ1n) is 8.97. The third-order valence-electron chi connectivity index (χ3n) is 5.45. The molecule has 6 heteroatoms. The van der Waals surface area contributed by atoms with Crippen molar-refractivity contribution in [3.05, 3.63) is 0 Å². The van der Waals surface area contributed by atoms with Crippen LogP contribution in [0, 0.1) is 5.92 Å². The molecule has 1 aliphatic carbocycles. The summed E-state index contributed by atoms with van der Waals surface area (Å²) in [5.74, 6) is 0.397. The van der Waals surface area contributed by atoms with E-state index in [-0.39, 0.29) is 11.1 Å². The normalized spacial score (nSPS) is 25.7. The van der Waals surface area contributed by atoms with Gasteiger partial charge in [-0.1, -0.05) is 20.8 Å². The van der Waals surface area contributed by atoms with Gasteiger partial charge in [-0.25, -0.2) is 4.79 Å². The Balaban J connectivity index is 2.62. The molecule has 1 rings (SSSR count). The van der Waals surface area contributed by atoms with Crippen molar-refractivity contribution < 1.29 is 14.0 Å². The Morgan fingerprint density at radius 2 is 1.79 bits per heavy atom. The van der Waals surface area contributed by atoms with Gasteiger partial charge in [-0.3, -0.25) is 4.90 Å². The summed E-state index contributed by atoms with van der Waals surface area (Å²) in [6.45, 7) is 17.6. The number of rotatable bonds is 4. The van der Waals surface area contributed by atoms with Crippen LogP contribution in [0.15, 0.2) is 0 Å². The van der Waals surface area contributed by atoms with Crippen molar-refractivity contribution >= 4 is 14.4 Å². The maximum absolute atomic E-state index is 12.3. The molecule has 142 valence electrons. The summed E-state index contributed by atoms with van der Waals surface area (Å²) >= 11 is 0. The van der Waals surface area contributed by atoms with Crippen LogP contribution < -0.4 is 5.73 Å². The van der Waals surface area contributed by atoms with Gasteiger partial charge in [-0.15, -0.1) is 0 Å². The molecule has 0 aromatic carbocycles. The van der Waals surface area contributed by atoms with E-state index in [9.17, 15) is 4.79 Å². The monoisotopic (exact) mass is 358 g/mol. The third kappa shape index (κ3) is 5.46. The molecule has 0 radical (unpaired) electrons. The minimum absolute atomic E-state index is 0.207. The molecule has 1 amide bonds. The zero-order chi connectivity index (χ0) is 19.0. The molecular formula is C18H38N2O3Si. The van der Waals surface area contributed by atoms with Gasteiger partial charge >= 0.3 is 6.09 Å². The fraction of sp³-hybridized carbons (Fsp3) is 0.944. The molecule has 1 saturated carbocycles. The van der Waals surface area contributed by atoms with Crippen molar-refractivity contribution in [3.63, 3.8) is 0 Å². The third-order valence-corrected chi connectivity index (χ3v) is 9.95. The van der Waals surface area contributed by atoms with Crippen molar-refractivity contribution in [2.45, 2.75) is 90.2 Å². The first-order chi connectivity index (χ1) is 10.6. The lowest BCUT2D eigenvalue weighted by Gasteiger charge is -2.38. The fourth-order valence-corrected chi connectivity index (χ4v) is 3.75. The topological polar surface area (TPSA) is 64.8 Å². The molecule has 5 nitrogen and oxygen atoms in total. The van der Waals surface area contributed by atoms with E-state index in [1.54, 1.807) is 11.9 Å². The summed E-state index contributed by atoms with van der Waals surface area (Å²) in [7, 11) is -0.00437. The molecule has 2 unspecified atom stereocenters. The second-order valence-electron chi connectivity index (χ2n) is 9.82. The van der Waals surface area contributed by atoms with Crippen molar-refractivity contribution in [1.29, 1.82) is 0 Å². The van der Waals surface area contributed by atoms with E-state index in [1.165, 1.54) is 0 Å². The van der Waals surface area contributed by atoms with E-state index in [1.807, 2.05) is 20.8 Å². The minimum Gasteiger partial charge on any atom is -0.444 e. The molecule has 0 spiro atoms. The summed E-state index contributed by atoms with van der Waals surface area (Å²) in [6, 6.07) is 0. The lowest BCUT2D eigenvalue weighted by molar-refractivity contribution is 0.00577. The van der Waals surface area contributed by atoms with Gasteiger partial charge in [0.1, 0.15) is 5.60 Å². The molecule has 0 aromatic rings. The van der Waals surface area contributed by atoms with Crippen LogP contribution in [0.25, 0.3) is 0 Å². The number of nitrogens with zero attached hydrogens (tertiary/aromatic N) is 1. The number of hydrogen-bond donors (Lipinski definition) is 1. The number of carbonyl (C=O) groups is 1. The number of ether oxygens (including phenoxy) is 1. The molecule has 0 aromatic heterocycles. The Morgan fingerprint density at radius 1 is 1.25 bits per heavy atom. The Morgan fingerprint density at radius 3 is 2.25 bits per heavy atom. The maximum atomic E-state index is 12.3. The maximum Gasteiger partial charge on any atom is 0.411 e. The average molecular weight is 359 g/mol. The first-order valence-corrected chi connectivity index (χ1v) is 11.9. The Bertz CT molecular complexity index is 454. The molecule has 0 saturated heterocycles. The summed E-state index contributed by atoms with van der Waals surface area (Å²) in [4.78, 5) is 13.9. The van der Waals surface area contributed by atoms with Crippen LogP contribution in [0.5, 0.6) is 0 Å². The SMILES string of the molecule is CN(C(=O)OC(C)(C)C)C1(N)CCC(CO[Si](C)(C)C(C)(C)C)C1. The highest BCUT2D eigenvalue weighted by molar-refractivity contribution is 6.74. The van der Waals surface area contributed by atoms with E-state index in [4.69, 9.17) is 14.9 Å². The van der Waals surface area contributed by atoms with E-state index >= 15 is 0 Å². The average Bonchev–Trinajstić information content (AvgIpc) is 2.75. The van der Waals surface area contributed by atoms with Crippen LogP contribution >= 0.6 is 0 Å². The largest absolute Gasteiger partial charge is 0.444 e. The molecule has 0 bridgehead atoms. The lowest BCUT2D eigenvalue weighted by atomic mass is 10.1. The zero-order valence-electron chi connectivity index (χ0n) is 17.2. The van der Waals surface area contributed by atoms with Gasteiger partial charge in [0.05, 0.1) is 5.66 Å². The van der Waals surface area contributed by atoms with Crippen LogP contribution in [-0.2, 0) is 9.16 Å². The number of amides is 1. The number of nitrogens with two attached hydrogens (primary N) is 1. The predicted octanol–water partition coefficient (Wildman–Crippen LogP) is 4.33. The second kappa shape index (κ2) is 6.96. The molecule has 1 fully saturated rings. The fourth-order valence-electron chi connectivity index (χ4n) is 2.66. The Hall–Kier alpha value is -0.593. The minimum atomic E-state index is -1.75. The van der Waals surface area contributed by atoms with Crippen molar-refractivity contribution in [3.8, 4) is 0 Å². The molecule has 24 heavy (non-hydrogen) atoms. The summed E-state index contributed by atoms with van der Waals surface area (Å²) in [5, 5.41) is 0.207. The highest BCUT2D eigenvalue weighted by Crippen LogP contribution is 2.40. The molecule has 1 aliphatic rings. The second-order valence-corrected chi connectivity index (χ2v) is 14.6. The van der Waals surface area contributed by atoms with Crippen molar-refractivity contribution in [2.75, 3.05) is 13.7 Å². The summed E-state index contributed by atoms with van der Waals surface area (Å²) in [6.07, 6.45) is 2.18. The Kier molecular flexibility index (Phi) is 6.22. The van der Waals surface area contributed by atoms with Gasteiger partial charge in [-0.05, 0) is 64.1 Å². The Labute approximate surface area is 149 Å². The predicted molar refractivity (Wildman–Crippen MR) is 101 cm³/mol. The van der Waals surface area contributed by atoms with Crippen LogP contribution in [0.3, 0.4) is 0 Å². The van der Waals surface area contributed by atoms with Gasteiger partial charge in [-0.2, -0.15) is 0 Å². The van der Waals surface area contributed by atoms with Gasteiger partial charge in [0.2, 0.25) is 0 Å². The molecular weight excluding hydrogens is 320 g/mol. The first kappa shape index (κ1) is 21.4. The van der Waals surface area contributed by atoms with Crippen LogP contribution in [-0.4, -0.2) is 44.2 Å². The van der Waals surface area contributed by atoms with Gasteiger partial charge in [0.15, 0.2) is 8.32 Å². The standard InChI is InChI=1S/C18H38N2O3Si/c1-16(2,3)23-15(21)20(7)18(19)11-10-14(12-18)13-22-24(8,9)17(4,5)6/h14H,10-13,19H2,1-9H3. The van der Waals surface area contributed by atoms with Crippen molar-refractivity contribution in [1.82, 2.24) is 4.90 Å². The van der Waals surface area contributed by atoms with E-state index in [0.717, 1.165) is 25.9 Å². The van der Waals surface area contributed by atoms with Crippen LogP contribution in [0.4, 0.5) is 4.79 Å². The van der Waals surface area contributed by atoms with E-state index < -0.39 is 19.6 Å². The number of hydrogen-bond acceptors (Lipinski definition) is 4. The van der Waals surface area contributed by atoms with Gasteiger partial charge in [0.25, 0.3) is 0 Å². The molecule has 2 atom stereocenters. The quantitative estimate of drug-likeness (QED) is 0.600. The molecule has 2 N–H and O–H groups in total. The van der Waals surface area contributed by atoms with Gasteiger partial charge in [0, 0.05) is 13.7 Å². The van der Waals surface area contributed by atoms with Crippen LogP contribution in [0.1, 0.15) is 60.8 Å². The van der Waals surface area contributed by atoms with E-state index in [2.05, 4.69) is 33.9 Å². The summed E-state index contributed by atoms with van der Waals surface area (Å²) < 4.78 is 11.8. The highest BCUT2D eigenvalue weighted by atomic mass is 28.4.